The summed E-state index contributed by atoms with van der Waals surface area (Å²) < 4.78 is 5.88. The third-order valence-corrected chi connectivity index (χ3v) is 4.03. The summed E-state index contributed by atoms with van der Waals surface area (Å²) in [5, 5.41) is 0. The summed E-state index contributed by atoms with van der Waals surface area (Å²) in [4.78, 5) is 4.67. The van der Waals surface area contributed by atoms with Crippen molar-refractivity contribution in [2.24, 2.45) is 5.73 Å². The summed E-state index contributed by atoms with van der Waals surface area (Å²) in [6, 6.07) is 8.44. The first kappa shape index (κ1) is 15.3. The minimum absolute atomic E-state index is 0.0410. The van der Waals surface area contributed by atoms with E-state index in [1.807, 2.05) is 18.2 Å². The first-order valence-electron chi connectivity index (χ1n) is 7.49. The highest BCUT2D eigenvalue weighted by atomic mass is 16.5. The van der Waals surface area contributed by atoms with Gasteiger partial charge in [-0.3, -0.25) is 4.90 Å². The molecule has 1 aliphatic rings. The molecule has 0 saturated carbocycles. The number of likely N-dealkylation sites (N-methyl/N-ethyl adjacent to an activating group) is 1. The lowest BCUT2D eigenvalue weighted by Gasteiger charge is -2.38. The Balaban J connectivity index is 2.01. The van der Waals surface area contributed by atoms with Gasteiger partial charge < -0.3 is 15.4 Å². The first-order chi connectivity index (χ1) is 9.63. The molecule has 1 aromatic rings. The molecule has 0 radical (unpaired) electrons. The Bertz CT molecular complexity index is 422. The van der Waals surface area contributed by atoms with Crippen LogP contribution in [0.2, 0.25) is 0 Å². The first-order valence-corrected chi connectivity index (χ1v) is 7.49. The number of nitrogens with zero attached hydrogens (tertiary/aromatic N) is 2. The molecule has 0 spiro atoms. The Morgan fingerprint density at radius 2 is 2.00 bits per heavy atom. The third-order valence-electron chi connectivity index (χ3n) is 4.03. The highest BCUT2D eigenvalue weighted by Crippen LogP contribution is 2.32. The van der Waals surface area contributed by atoms with Gasteiger partial charge in [-0.2, -0.15) is 0 Å². The average molecular weight is 277 g/mol. The lowest BCUT2D eigenvalue weighted by atomic mass is 9.96. The number of fused-ring (bicyclic) bond motifs is 1. The van der Waals surface area contributed by atoms with Crippen LogP contribution in [0.25, 0.3) is 0 Å². The van der Waals surface area contributed by atoms with Crippen LogP contribution in [0.4, 0.5) is 0 Å². The molecule has 1 aromatic carbocycles. The molecule has 112 valence electrons. The normalized spacial score (nSPS) is 21.9. The minimum atomic E-state index is 0.0410. The van der Waals surface area contributed by atoms with Crippen molar-refractivity contribution in [2.75, 3.05) is 40.3 Å². The number of rotatable bonds is 6. The second-order valence-corrected chi connectivity index (χ2v) is 5.73. The van der Waals surface area contributed by atoms with E-state index in [0.717, 1.165) is 37.4 Å². The van der Waals surface area contributed by atoms with E-state index in [0.29, 0.717) is 6.61 Å². The van der Waals surface area contributed by atoms with E-state index in [1.54, 1.807) is 0 Å². The molecule has 0 bridgehead atoms. The molecule has 1 heterocycles. The summed E-state index contributed by atoms with van der Waals surface area (Å²) in [5.41, 5.74) is 7.60. The molecule has 4 nitrogen and oxygen atoms in total. The smallest absolute Gasteiger partial charge is 0.124 e. The quantitative estimate of drug-likeness (QED) is 0.860. The number of ether oxygens (including phenoxy) is 1. The fraction of sp³-hybridized carbons (Fsp3) is 0.625. The zero-order valence-corrected chi connectivity index (χ0v) is 12.9. The van der Waals surface area contributed by atoms with Gasteiger partial charge in [-0.1, -0.05) is 25.1 Å². The van der Waals surface area contributed by atoms with Crippen molar-refractivity contribution in [2.45, 2.75) is 25.4 Å². The van der Waals surface area contributed by atoms with Crippen LogP contribution >= 0.6 is 0 Å². The molecule has 2 unspecified atom stereocenters. The van der Waals surface area contributed by atoms with Gasteiger partial charge in [0.05, 0.1) is 12.1 Å². The maximum Gasteiger partial charge on any atom is 0.124 e. The largest absolute Gasteiger partial charge is 0.492 e. The van der Waals surface area contributed by atoms with E-state index in [4.69, 9.17) is 10.5 Å². The van der Waals surface area contributed by atoms with Crippen LogP contribution in [-0.2, 0) is 0 Å². The second kappa shape index (κ2) is 7.07. The summed E-state index contributed by atoms with van der Waals surface area (Å²) in [6.45, 7) is 6.07. The van der Waals surface area contributed by atoms with Gasteiger partial charge in [0, 0.05) is 5.56 Å². The standard InChI is InChI=1S/C16H27N3O/c1-4-19(11-7-10-18(2)3)14-12-20-15-9-6-5-8-13(15)16(14)17/h5-6,8-9,14,16H,4,7,10-12,17H2,1-3H3. The molecule has 2 rings (SSSR count). The van der Waals surface area contributed by atoms with Gasteiger partial charge in [0.2, 0.25) is 0 Å². The zero-order valence-electron chi connectivity index (χ0n) is 12.9. The Morgan fingerprint density at radius 1 is 1.25 bits per heavy atom. The van der Waals surface area contributed by atoms with Crippen molar-refractivity contribution < 1.29 is 4.74 Å². The van der Waals surface area contributed by atoms with Gasteiger partial charge in [0.15, 0.2) is 0 Å². The molecule has 4 heteroatoms. The molecule has 0 aliphatic carbocycles. The van der Waals surface area contributed by atoms with Crippen LogP contribution in [-0.4, -0.2) is 56.2 Å². The monoisotopic (exact) mass is 277 g/mol. The number of para-hydroxylation sites is 1. The van der Waals surface area contributed by atoms with Crippen molar-refractivity contribution in [1.29, 1.82) is 0 Å². The molecule has 0 amide bonds. The fourth-order valence-corrected chi connectivity index (χ4v) is 2.85. The lowest BCUT2D eigenvalue weighted by molar-refractivity contribution is 0.0989. The van der Waals surface area contributed by atoms with Crippen LogP contribution in [0.3, 0.4) is 0 Å². The number of nitrogens with two attached hydrogens (primary N) is 1. The van der Waals surface area contributed by atoms with E-state index >= 15 is 0 Å². The molecule has 2 N–H and O–H groups in total. The molecule has 0 aromatic heterocycles. The lowest BCUT2D eigenvalue weighted by Crippen LogP contribution is -2.49. The van der Waals surface area contributed by atoms with E-state index in [2.05, 4.69) is 36.9 Å². The van der Waals surface area contributed by atoms with Crippen molar-refractivity contribution in [1.82, 2.24) is 9.80 Å². The molecule has 0 fully saturated rings. The van der Waals surface area contributed by atoms with Crippen LogP contribution in [0.1, 0.15) is 24.9 Å². The maximum absolute atomic E-state index is 6.47. The van der Waals surface area contributed by atoms with E-state index in [-0.39, 0.29) is 12.1 Å². The molecular formula is C16H27N3O. The van der Waals surface area contributed by atoms with Gasteiger partial charge in [0.1, 0.15) is 12.4 Å². The van der Waals surface area contributed by atoms with Crippen LogP contribution in [0, 0.1) is 0 Å². The predicted molar refractivity (Wildman–Crippen MR) is 83.1 cm³/mol. The van der Waals surface area contributed by atoms with Crippen LogP contribution in [0.15, 0.2) is 24.3 Å². The summed E-state index contributed by atoms with van der Waals surface area (Å²) in [6.07, 6.45) is 1.16. The van der Waals surface area contributed by atoms with Gasteiger partial charge in [-0.05, 0) is 46.2 Å². The van der Waals surface area contributed by atoms with Crippen molar-refractivity contribution in [3.05, 3.63) is 29.8 Å². The van der Waals surface area contributed by atoms with Crippen LogP contribution in [0.5, 0.6) is 5.75 Å². The molecular weight excluding hydrogens is 250 g/mol. The Hall–Kier alpha value is -1.10. The summed E-state index contributed by atoms with van der Waals surface area (Å²) >= 11 is 0. The highest BCUT2D eigenvalue weighted by Gasteiger charge is 2.31. The number of benzene rings is 1. The van der Waals surface area contributed by atoms with E-state index in [9.17, 15) is 0 Å². The van der Waals surface area contributed by atoms with Gasteiger partial charge in [0.25, 0.3) is 0 Å². The summed E-state index contributed by atoms with van der Waals surface area (Å²) in [7, 11) is 4.23. The summed E-state index contributed by atoms with van der Waals surface area (Å²) in [5.74, 6) is 0.945. The predicted octanol–water partition coefficient (Wildman–Crippen LogP) is 1.72. The topological polar surface area (TPSA) is 41.7 Å². The van der Waals surface area contributed by atoms with Gasteiger partial charge in [-0.15, -0.1) is 0 Å². The number of hydrogen-bond donors (Lipinski definition) is 1. The third kappa shape index (κ3) is 3.51. The van der Waals surface area contributed by atoms with Crippen LogP contribution < -0.4 is 10.5 Å². The molecule has 1 aliphatic heterocycles. The SMILES string of the molecule is CCN(CCCN(C)C)C1COc2ccccc2C1N. The minimum Gasteiger partial charge on any atom is -0.492 e. The van der Waals surface area contributed by atoms with E-state index < -0.39 is 0 Å². The Kier molecular flexibility index (Phi) is 5.40. The fourth-order valence-electron chi connectivity index (χ4n) is 2.85. The van der Waals surface area contributed by atoms with Crippen molar-refractivity contribution >= 4 is 0 Å². The second-order valence-electron chi connectivity index (χ2n) is 5.73. The highest BCUT2D eigenvalue weighted by molar-refractivity contribution is 5.38. The Labute approximate surface area is 122 Å². The van der Waals surface area contributed by atoms with Gasteiger partial charge in [-0.25, -0.2) is 0 Å². The van der Waals surface area contributed by atoms with E-state index in [1.165, 1.54) is 0 Å². The van der Waals surface area contributed by atoms with Crippen molar-refractivity contribution in [3.8, 4) is 5.75 Å². The zero-order chi connectivity index (χ0) is 14.5. The number of hydrogen-bond acceptors (Lipinski definition) is 4. The van der Waals surface area contributed by atoms with Crippen molar-refractivity contribution in [3.63, 3.8) is 0 Å². The average Bonchev–Trinajstić information content (AvgIpc) is 2.45. The molecule has 0 saturated heterocycles. The molecule has 2 atom stereocenters. The van der Waals surface area contributed by atoms with Gasteiger partial charge >= 0.3 is 0 Å². The molecule has 20 heavy (non-hydrogen) atoms. The Morgan fingerprint density at radius 3 is 2.70 bits per heavy atom. The maximum atomic E-state index is 6.47.